The van der Waals surface area contributed by atoms with Crippen molar-refractivity contribution in [3.8, 4) is 0 Å². The Bertz CT molecular complexity index is 463. The van der Waals surface area contributed by atoms with Crippen LogP contribution in [0.5, 0.6) is 0 Å². The lowest BCUT2D eigenvalue weighted by atomic mass is 10.3. The highest BCUT2D eigenvalue weighted by Crippen LogP contribution is 2.29. The molecule has 2 atom stereocenters. The molecule has 1 aromatic rings. The van der Waals surface area contributed by atoms with Crippen LogP contribution in [0, 0.1) is 0 Å². The van der Waals surface area contributed by atoms with E-state index in [-0.39, 0.29) is 18.5 Å². The number of carbonyl (C=O) groups is 1. The van der Waals surface area contributed by atoms with Crippen molar-refractivity contribution < 1.29 is 9.00 Å². The first kappa shape index (κ1) is 16.4. The molecule has 1 amide bonds. The summed E-state index contributed by atoms with van der Waals surface area (Å²) < 4.78 is 11.0. The smallest absolute Gasteiger partial charge is 0.238 e. The van der Waals surface area contributed by atoms with Gasteiger partial charge in [-0.3, -0.25) is 9.00 Å². The van der Waals surface area contributed by atoms with Gasteiger partial charge < -0.3 is 10.6 Å². The van der Waals surface area contributed by atoms with Gasteiger partial charge >= 0.3 is 0 Å². The van der Waals surface area contributed by atoms with E-state index >= 15 is 0 Å². The number of para-hydroxylation sites is 1. The maximum absolute atomic E-state index is 11.7. The van der Waals surface area contributed by atoms with E-state index in [2.05, 4.69) is 10.6 Å². The molecule has 7 heteroatoms. The summed E-state index contributed by atoms with van der Waals surface area (Å²) in [6, 6.07) is 5.01. The molecule has 0 aliphatic heterocycles. The summed E-state index contributed by atoms with van der Waals surface area (Å²) >= 11 is 11.9. The van der Waals surface area contributed by atoms with Crippen molar-refractivity contribution >= 4 is 45.6 Å². The summed E-state index contributed by atoms with van der Waals surface area (Å²) in [5.41, 5.74) is 0.407. The molecule has 0 aromatic heterocycles. The first-order valence-electron chi connectivity index (χ1n) is 5.67. The van der Waals surface area contributed by atoms with Gasteiger partial charge in [-0.25, -0.2) is 0 Å². The third-order valence-corrected chi connectivity index (χ3v) is 3.92. The van der Waals surface area contributed by atoms with Gasteiger partial charge in [0.25, 0.3) is 0 Å². The zero-order valence-corrected chi connectivity index (χ0v) is 13.0. The second-order valence-corrected chi connectivity index (χ2v) is 6.46. The number of hydrogen-bond acceptors (Lipinski definition) is 3. The Kier molecular flexibility index (Phi) is 6.79. The lowest BCUT2D eigenvalue weighted by Gasteiger charge is -2.13. The molecule has 2 N–H and O–H groups in total. The molecule has 0 fully saturated rings. The van der Waals surface area contributed by atoms with E-state index in [1.807, 2.05) is 6.92 Å². The number of anilines is 1. The molecule has 0 saturated carbocycles. The van der Waals surface area contributed by atoms with Crippen molar-refractivity contribution in [1.82, 2.24) is 5.32 Å². The zero-order chi connectivity index (χ0) is 14.4. The van der Waals surface area contributed by atoms with Gasteiger partial charge in [-0.15, -0.1) is 0 Å². The SMILES string of the molecule is CC(CS(C)=O)NCC(=O)Nc1c(Cl)cccc1Cl. The number of rotatable bonds is 6. The number of nitrogens with one attached hydrogen (secondary N) is 2. The molecule has 0 aliphatic carbocycles. The van der Waals surface area contributed by atoms with Gasteiger partial charge in [0.05, 0.1) is 22.3 Å². The van der Waals surface area contributed by atoms with Crippen molar-refractivity contribution in [1.29, 1.82) is 0 Å². The number of halogens is 2. The van der Waals surface area contributed by atoms with Crippen molar-refractivity contribution in [2.75, 3.05) is 23.9 Å². The Labute approximate surface area is 125 Å². The summed E-state index contributed by atoms with van der Waals surface area (Å²) in [6.07, 6.45) is 1.63. The minimum absolute atomic E-state index is 0.00157. The van der Waals surface area contributed by atoms with Crippen LogP contribution in [0.4, 0.5) is 5.69 Å². The minimum atomic E-state index is -0.892. The van der Waals surface area contributed by atoms with Gasteiger partial charge in [0.2, 0.25) is 5.91 Å². The third-order valence-electron chi connectivity index (χ3n) is 2.32. The molecule has 0 saturated heterocycles. The van der Waals surface area contributed by atoms with Crippen LogP contribution in [0.15, 0.2) is 18.2 Å². The average molecular weight is 323 g/mol. The highest BCUT2D eigenvalue weighted by atomic mass is 35.5. The molecule has 0 aliphatic rings. The fourth-order valence-corrected chi connectivity index (χ4v) is 2.79. The topological polar surface area (TPSA) is 58.2 Å². The highest BCUT2D eigenvalue weighted by Gasteiger charge is 2.11. The molecule has 0 heterocycles. The number of hydrogen-bond donors (Lipinski definition) is 2. The average Bonchev–Trinajstić information content (AvgIpc) is 2.30. The van der Waals surface area contributed by atoms with Crippen LogP contribution >= 0.6 is 23.2 Å². The first-order chi connectivity index (χ1) is 8.90. The van der Waals surface area contributed by atoms with Gasteiger partial charge in [-0.1, -0.05) is 29.3 Å². The third kappa shape index (κ3) is 5.91. The van der Waals surface area contributed by atoms with Crippen LogP contribution in [-0.4, -0.2) is 34.7 Å². The van der Waals surface area contributed by atoms with E-state index in [4.69, 9.17) is 23.2 Å². The van der Waals surface area contributed by atoms with Crippen LogP contribution in [0.1, 0.15) is 6.92 Å². The molecule has 1 aromatic carbocycles. The maximum atomic E-state index is 11.7. The highest BCUT2D eigenvalue weighted by molar-refractivity contribution is 7.84. The second kappa shape index (κ2) is 7.85. The van der Waals surface area contributed by atoms with Gasteiger partial charge in [0.1, 0.15) is 0 Å². The van der Waals surface area contributed by atoms with Gasteiger partial charge in [-0.2, -0.15) is 0 Å². The fraction of sp³-hybridized carbons (Fsp3) is 0.417. The van der Waals surface area contributed by atoms with Crippen molar-refractivity contribution in [3.63, 3.8) is 0 Å². The molecular formula is C12H16Cl2N2O2S. The van der Waals surface area contributed by atoms with Crippen molar-refractivity contribution in [3.05, 3.63) is 28.2 Å². The van der Waals surface area contributed by atoms with Crippen LogP contribution in [0.25, 0.3) is 0 Å². The standard InChI is InChI=1S/C12H16Cl2N2O2S/c1-8(7-19(2)18)15-6-11(17)16-12-9(13)4-3-5-10(12)14/h3-5,8,15H,6-7H2,1-2H3,(H,16,17). The molecular weight excluding hydrogens is 307 g/mol. The van der Waals surface area contributed by atoms with E-state index < -0.39 is 10.8 Å². The molecule has 1 rings (SSSR count). The van der Waals surface area contributed by atoms with Crippen LogP contribution in [0.2, 0.25) is 10.0 Å². The molecule has 0 bridgehead atoms. The Hall–Kier alpha value is -0.620. The normalized spacial score (nSPS) is 13.9. The number of amides is 1. The summed E-state index contributed by atoms with van der Waals surface area (Å²) in [5.74, 6) is 0.254. The van der Waals surface area contributed by atoms with Gasteiger partial charge in [0, 0.05) is 28.9 Å². The lowest BCUT2D eigenvalue weighted by molar-refractivity contribution is -0.115. The van der Waals surface area contributed by atoms with Gasteiger partial charge in [0.15, 0.2) is 0 Å². The van der Waals surface area contributed by atoms with Crippen LogP contribution in [-0.2, 0) is 15.6 Å². The zero-order valence-electron chi connectivity index (χ0n) is 10.7. The lowest BCUT2D eigenvalue weighted by Crippen LogP contribution is -2.37. The quantitative estimate of drug-likeness (QED) is 0.844. The first-order valence-corrected chi connectivity index (χ1v) is 8.15. The molecule has 0 spiro atoms. The Morgan fingerprint density at radius 3 is 2.47 bits per heavy atom. The van der Waals surface area contributed by atoms with E-state index in [9.17, 15) is 9.00 Å². The fourth-order valence-electron chi connectivity index (χ4n) is 1.48. The summed E-state index contributed by atoms with van der Waals surface area (Å²) in [6.45, 7) is 1.98. The van der Waals surface area contributed by atoms with Crippen molar-refractivity contribution in [2.24, 2.45) is 0 Å². The summed E-state index contributed by atoms with van der Waals surface area (Å²) in [7, 11) is -0.892. The summed E-state index contributed by atoms with van der Waals surface area (Å²) in [5, 5.41) is 6.41. The maximum Gasteiger partial charge on any atom is 0.238 e. The van der Waals surface area contributed by atoms with E-state index in [1.54, 1.807) is 24.5 Å². The Balaban J connectivity index is 2.50. The Morgan fingerprint density at radius 2 is 1.95 bits per heavy atom. The van der Waals surface area contributed by atoms with Crippen LogP contribution in [0.3, 0.4) is 0 Å². The summed E-state index contributed by atoms with van der Waals surface area (Å²) in [4.78, 5) is 11.7. The molecule has 4 nitrogen and oxygen atoms in total. The number of carbonyl (C=O) groups excluding carboxylic acids is 1. The van der Waals surface area contributed by atoms with Gasteiger partial charge in [-0.05, 0) is 19.1 Å². The minimum Gasteiger partial charge on any atom is -0.322 e. The molecule has 106 valence electrons. The van der Waals surface area contributed by atoms with Crippen molar-refractivity contribution in [2.45, 2.75) is 13.0 Å². The largest absolute Gasteiger partial charge is 0.322 e. The predicted octanol–water partition coefficient (Wildman–Crippen LogP) is 2.29. The number of benzene rings is 1. The predicted molar refractivity (Wildman–Crippen MR) is 81.5 cm³/mol. The van der Waals surface area contributed by atoms with E-state index in [1.165, 1.54) is 0 Å². The van der Waals surface area contributed by atoms with E-state index in [0.717, 1.165) is 0 Å². The van der Waals surface area contributed by atoms with E-state index in [0.29, 0.717) is 21.5 Å². The molecule has 19 heavy (non-hydrogen) atoms. The Morgan fingerprint density at radius 1 is 1.37 bits per heavy atom. The molecule has 2 unspecified atom stereocenters. The second-order valence-electron chi connectivity index (χ2n) is 4.17. The monoisotopic (exact) mass is 322 g/mol. The molecule has 0 radical (unpaired) electrons. The van der Waals surface area contributed by atoms with Crippen LogP contribution < -0.4 is 10.6 Å².